The molecule has 0 amide bonds. The van der Waals surface area contributed by atoms with Gasteiger partial charge >= 0.3 is 6.18 Å². The summed E-state index contributed by atoms with van der Waals surface area (Å²) >= 11 is 9.18. The Hall–Kier alpha value is -0.750. The molecule has 0 aliphatic carbocycles. The lowest BCUT2D eigenvalue weighted by Crippen LogP contribution is -2.09. The van der Waals surface area contributed by atoms with Crippen LogP contribution in [0.25, 0.3) is 11.0 Å². The van der Waals surface area contributed by atoms with Crippen LogP contribution in [0.15, 0.2) is 22.7 Å². The number of halogens is 5. The highest BCUT2D eigenvalue weighted by molar-refractivity contribution is 9.10. The molecule has 0 saturated carbocycles. The van der Waals surface area contributed by atoms with Gasteiger partial charge in [0, 0.05) is 29.7 Å². The molecule has 7 heteroatoms. The van der Waals surface area contributed by atoms with Crippen molar-refractivity contribution in [1.82, 2.24) is 9.55 Å². The van der Waals surface area contributed by atoms with Crippen molar-refractivity contribution in [1.29, 1.82) is 0 Å². The van der Waals surface area contributed by atoms with Crippen molar-refractivity contribution in [2.45, 2.75) is 38.4 Å². The third kappa shape index (κ3) is 4.61. The summed E-state index contributed by atoms with van der Waals surface area (Å²) in [6.45, 7) is 0.523. The average molecular weight is 384 g/mol. The lowest BCUT2D eigenvalue weighted by molar-refractivity contribution is -0.135. The number of fused-ring (bicyclic) bond motifs is 1. The zero-order valence-corrected chi connectivity index (χ0v) is 13.6. The normalized spacial score (nSPS) is 12.2. The molecular weight excluding hydrogens is 369 g/mol. The molecule has 2 nitrogen and oxygen atoms in total. The van der Waals surface area contributed by atoms with Crippen molar-refractivity contribution in [2.24, 2.45) is 0 Å². The summed E-state index contributed by atoms with van der Waals surface area (Å²) in [6, 6.07) is 5.72. The number of aryl methyl sites for hydroxylation is 2. The van der Waals surface area contributed by atoms with E-state index in [1.807, 2.05) is 22.8 Å². The summed E-state index contributed by atoms with van der Waals surface area (Å²) in [6.07, 6.45) is -3.63. The highest BCUT2D eigenvalue weighted by atomic mass is 79.9. The SMILES string of the molecule is FC(F)(F)CCCCn1c(CCCl)nc2ccc(Br)cc21. The largest absolute Gasteiger partial charge is 0.389 e. The first-order valence-electron chi connectivity index (χ1n) is 6.68. The van der Waals surface area contributed by atoms with Gasteiger partial charge in [-0.2, -0.15) is 13.2 Å². The van der Waals surface area contributed by atoms with Crippen LogP contribution in [-0.2, 0) is 13.0 Å². The van der Waals surface area contributed by atoms with E-state index in [9.17, 15) is 13.2 Å². The summed E-state index contributed by atoms with van der Waals surface area (Å²) in [5.74, 6) is 1.26. The van der Waals surface area contributed by atoms with Crippen molar-refractivity contribution in [3.05, 3.63) is 28.5 Å². The Labute approximate surface area is 134 Å². The van der Waals surface area contributed by atoms with Crippen LogP contribution in [0.2, 0.25) is 0 Å². The summed E-state index contributed by atoms with van der Waals surface area (Å²) in [5.41, 5.74) is 1.77. The fraction of sp³-hybridized carbons (Fsp3) is 0.500. The summed E-state index contributed by atoms with van der Waals surface area (Å²) in [4.78, 5) is 4.51. The van der Waals surface area contributed by atoms with E-state index in [0.717, 1.165) is 21.3 Å². The number of hydrogen-bond acceptors (Lipinski definition) is 1. The number of unbranched alkanes of at least 4 members (excludes halogenated alkanes) is 1. The first-order chi connectivity index (χ1) is 9.90. The van der Waals surface area contributed by atoms with E-state index in [1.54, 1.807) is 0 Å². The first kappa shape index (κ1) is 16.6. The number of aromatic nitrogens is 2. The van der Waals surface area contributed by atoms with Gasteiger partial charge < -0.3 is 4.57 Å². The van der Waals surface area contributed by atoms with Crippen LogP contribution < -0.4 is 0 Å². The third-order valence-electron chi connectivity index (χ3n) is 3.20. The molecule has 2 aromatic rings. The van der Waals surface area contributed by atoms with Gasteiger partial charge in [0.25, 0.3) is 0 Å². The molecular formula is C14H15BrClF3N2. The number of alkyl halides is 4. The molecule has 0 unspecified atom stereocenters. The van der Waals surface area contributed by atoms with Gasteiger partial charge in [-0.25, -0.2) is 4.98 Å². The minimum absolute atomic E-state index is 0.123. The molecule has 1 aromatic heterocycles. The number of hydrogen-bond donors (Lipinski definition) is 0. The topological polar surface area (TPSA) is 17.8 Å². The fourth-order valence-corrected chi connectivity index (χ4v) is 2.78. The Bertz CT molecular complexity index is 610. The van der Waals surface area contributed by atoms with Gasteiger partial charge in [0.05, 0.1) is 11.0 Å². The molecule has 0 bridgehead atoms. The maximum Gasteiger partial charge on any atom is 0.389 e. The highest BCUT2D eigenvalue weighted by Crippen LogP contribution is 2.25. The van der Waals surface area contributed by atoms with Gasteiger partial charge in [0.15, 0.2) is 0 Å². The van der Waals surface area contributed by atoms with Crippen molar-refractivity contribution in [3.8, 4) is 0 Å². The molecule has 0 aliphatic rings. The van der Waals surface area contributed by atoms with Crippen molar-refractivity contribution < 1.29 is 13.2 Å². The van der Waals surface area contributed by atoms with Gasteiger partial charge in [-0.1, -0.05) is 15.9 Å². The summed E-state index contributed by atoms with van der Waals surface area (Å²) in [7, 11) is 0. The highest BCUT2D eigenvalue weighted by Gasteiger charge is 2.25. The fourth-order valence-electron chi connectivity index (χ4n) is 2.27. The Kier molecular flexibility index (Phi) is 5.54. The van der Waals surface area contributed by atoms with Crippen LogP contribution in [0.1, 0.15) is 25.1 Å². The lowest BCUT2D eigenvalue weighted by atomic mass is 10.2. The first-order valence-corrected chi connectivity index (χ1v) is 8.01. The van der Waals surface area contributed by atoms with E-state index < -0.39 is 12.6 Å². The maximum atomic E-state index is 12.2. The van der Waals surface area contributed by atoms with E-state index in [1.165, 1.54) is 0 Å². The van der Waals surface area contributed by atoms with Crippen LogP contribution in [0, 0.1) is 0 Å². The molecule has 21 heavy (non-hydrogen) atoms. The zero-order valence-electron chi connectivity index (χ0n) is 11.3. The van der Waals surface area contributed by atoms with Crippen LogP contribution in [0.3, 0.4) is 0 Å². The molecule has 116 valence electrons. The smallest absolute Gasteiger partial charge is 0.328 e. The third-order valence-corrected chi connectivity index (χ3v) is 3.88. The van der Waals surface area contributed by atoms with Crippen LogP contribution in [-0.4, -0.2) is 21.6 Å². The predicted octanol–water partition coefficient (Wildman–Crippen LogP) is 5.31. The van der Waals surface area contributed by atoms with Gasteiger partial charge in [-0.3, -0.25) is 0 Å². The summed E-state index contributed by atoms with van der Waals surface area (Å²) < 4.78 is 39.4. The Morgan fingerprint density at radius 2 is 2.00 bits per heavy atom. The second kappa shape index (κ2) is 7.01. The molecule has 0 N–H and O–H groups in total. The van der Waals surface area contributed by atoms with Crippen LogP contribution >= 0.6 is 27.5 Å². The standard InChI is InChI=1S/C14H15BrClF3N2/c15-10-3-4-11-12(9-10)21(13(20-11)5-7-16)8-2-1-6-14(17,18)19/h3-4,9H,1-2,5-8H2. The van der Waals surface area contributed by atoms with Crippen LogP contribution in [0.4, 0.5) is 13.2 Å². The number of benzene rings is 1. The van der Waals surface area contributed by atoms with E-state index in [0.29, 0.717) is 25.3 Å². The zero-order chi connectivity index (χ0) is 15.5. The van der Waals surface area contributed by atoms with E-state index in [2.05, 4.69) is 20.9 Å². The lowest BCUT2D eigenvalue weighted by Gasteiger charge is -2.10. The number of rotatable bonds is 6. The minimum atomic E-state index is -4.08. The number of nitrogens with zero attached hydrogens (tertiary/aromatic N) is 2. The molecule has 0 spiro atoms. The Morgan fingerprint density at radius 1 is 1.24 bits per heavy atom. The molecule has 2 rings (SSSR count). The summed E-state index contributed by atoms with van der Waals surface area (Å²) in [5, 5.41) is 0. The molecule has 0 radical (unpaired) electrons. The van der Waals surface area contributed by atoms with E-state index >= 15 is 0 Å². The van der Waals surface area contributed by atoms with Crippen LogP contribution in [0.5, 0.6) is 0 Å². The van der Waals surface area contributed by atoms with E-state index in [-0.39, 0.29) is 6.42 Å². The molecule has 0 atom stereocenters. The van der Waals surface area contributed by atoms with Crippen molar-refractivity contribution in [2.75, 3.05) is 5.88 Å². The monoisotopic (exact) mass is 382 g/mol. The predicted molar refractivity (Wildman–Crippen MR) is 81.8 cm³/mol. The average Bonchev–Trinajstić information content (AvgIpc) is 2.71. The van der Waals surface area contributed by atoms with Gasteiger partial charge in [0.2, 0.25) is 0 Å². The minimum Gasteiger partial charge on any atom is -0.328 e. The quantitative estimate of drug-likeness (QED) is 0.488. The molecule has 0 fully saturated rings. The van der Waals surface area contributed by atoms with E-state index in [4.69, 9.17) is 11.6 Å². The molecule has 1 heterocycles. The van der Waals surface area contributed by atoms with Crippen molar-refractivity contribution in [3.63, 3.8) is 0 Å². The second-order valence-corrected chi connectivity index (χ2v) is 6.12. The second-order valence-electron chi connectivity index (χ2n) is 4.82. The maximum absolute atomic E-state index is 12.2. The molecule has 0 aliphatic heterocycles. The Balaban J connectivity index is 2.15. The molecule has 0 saturated heterocycles. The Morgan fingerprint density at radius 3 is 2.67 bits per heavy atom. The van der Waals surface area contributed by atoms with Gasteiger partial charge in [-0.05, 0) is 31.0 Å². The number of imidazole rings is 1. The van der Waals surface area contributed by atoms with Gasteiger partial charge in [0.1, 0.15) is 5.82 Å². The van der Waals surface area contributed by atoms with Crippen molar-refractivity contribution >= 4 is 38.6 Å². The molecule has 1 aromatic carbocycles. The van der Waals surface area contributed by atoms with Gasteiger partial charge in [-0.15, -0.1) is 11.6 Å².